The Morgan fingerprint density at radius 2 is 2.36 bits per heavy atom. The number of hydrogen-bond acceptors (Lipinski definition) is 4. The molecule has 0 amide bonds. The van der Waals surface area contributed by atoms with E-state index < -0.39 is 0 Å². The summed E-state index contributed by atoms with van der Waals surface area (Å²) >= 11 is 0. The zero-order valence-electron chi connectivity index (χ0n) is 7.43. The number of pyridine rings is 1. The summed E-state index contributed by atoms with van der Waals surface area (Å²) in [6.45, 7) is 0. The van der Waals surface area contributed by atoms with E-state index in [2.05, 4.69) is 4.98 Å². The van der Waals surface area contributed by atoms with Gasteiger partial charge in [0.25, 0.3) is 0 Å². The van der Waals surface area contributed by atoms with Gasteiger partial charge in [-0.3, -0.25) is 9.78 Å². The molecule has 1 aromatic rings. The third-order valence-corrected chi connectivity index (χ3v) is 1.98. The van der Waals surface area contributed by atoms with Crippen molar-refractivity contribution in [3.63, 3.8) is 0 Å². The van der Waals surface area contributed by atoms with E-state index in [0.29, 0.717) is 23.2 Å². The molecule has 0 aromatic carbocycles. The Hall–Kier alpha value is -1.89. The number of nitrogens with zero attached hydrogens (tertiary/aromatic N) is 2. The number of rotatable bonds is 3. The van der Waals surface area contributed by atoms with Gasteiger partial charge in [0.2, 0.25) is 0 Å². The Labute approximate surface area is 81.1 Å². The predicted molar refractivity (Wildman–Crippen MR) is 48.0 cm³/mol. The maximum Gasteiger partial charge on any atom is 0.155 e. The van der Waals surface area contributed by atoms with E-state index in [-0.39, 0.29) is 6.10 Å². The highest BCUT2D eigenvalue weighted by molar-refractivity contribution is 5.80. The molecule has 0 N–H and O–H groups in total. The summed E-state index contributed by atoms with van der Waals surface area (Å²) in [6.07, 6.45) is 5.63. The van der Waals surface area contributed by atoms with Crippen LogP contribution < -0.4 is 4.74 Å². The van der Waals surface area contributed by atoms with Gasteiger partial charge in [-0.05, 0) is 12.8 Å². The monoisotopic (exact) mass is 188 g/mol. The number of hydrogen-bond donors (Lipinski definition) is 0. The number of carbonyl (C=O) groups excluding carboxylic acids is 1. The quantitative estimate of drug-likeness (QED) is 0.671. The lowest BCUT2D eigenvalue weighted by Gasteiger charge is -2.07. The van der Waals surface area contributed by atoms with Crippen LogP contribution in [0.3, 0.4) is 0 Å². The molecule has 1 aromatic heterocycles. The van der Waals surface area contributed by atoms with Gasteiger partial charge in [-0.25, -0.2) is 0 Å². The van der Waals surface area contributed by atoms with Crippen molar-refractivity contribution >= 4 is 6.29 Å². The molecule has 0 radical (unpaired) electrons. The molecule has 0 saturated heterocycles. The topological polar surface area (TPSA) is 63.0 Å². The van der Waals surface area contributed by atoms with Gasteiger partial charge < -0.3 is 4.74 Å². The molecular formula is C10H8N2O2. The summed E-state index contributed by atoms with van der Waals surface area (Å²) < 4.78 is 5.48. The van der Waals surface area contributed by atoms with Gasteiger partial charge in [0.15, 0.2) is 12.0 Å². The van der Waals surface area contributed by atoms with Gasteiger partial charge in [-0.2, -0.15) is 5.26 Å². The Bertz CT molecular complexity index is 405. The van der Waals surface area contributed by atoms with Crippen molar-refractivity contribution in [2.75, 3.05) is 0 Å². The Kier molecular flexibility index (Phi) is 2.15. The SMILES string of the molecule is N#Cc1cncc(C=O)c1OC1CC1. The number of aldehydes is 1. The maximum atomic E-state index is 10.7. The smallest absolute Gasteiger partial charge is 0.155 e. The van der Waals surface area contributed by atoms with E-state index in [1.54, 1.807) is 0 Å². The minimum atomic E-state index is 0.170. The highest BCUT2D eigenvalue weighted by atomic mass is 16.5. The summed E-state index contributed by atoms with van der Waals surface area (Å²) in [4.78, 5) is 14.4. The molecule has 0 aliphatic heterocycles. The molecule has 1 aliphatic carbocycles. The summed E-state index contributed by atoms with van der Waals surface area (Å²) in [5, 5.41) is 8.79. The second-order valence-corrected chi connectivity index (χ2v) is 3.15. The van der Waals surface area contributed by atoms with E-state index in [4.69, 9.17) is 10.00 Å². The first-order valence-corrected chi connectivity index (χ1v) is 4.35. The van der Waals surface area contributed by atoms with Gasteiger partial charge in [-0.1, -0.05) is 0 Å². The number of aromatic nitrogens is 1. The van der Waals surface area contributed by atoms with Crippen molar-refractivity contribution in [2.45, 2.75) is 18.9 Å². The fourth-order valence-corrected chi connectivity index (χ4v) is 1.11. The van der Waals surface area contributed by atoms with Crippen LogP contribution in [0.5, 0.6) is 5.75 Å². The first-order valence-electron chi connectivity index (χ1n) is 4.35. The summed E-state index contributed by atoms with van der Waals surface area (Å²) in [5.41, 5.74) is 0.664. The van der Waals surface area contributed by atoms with Crippen molar-refractivity contribution in [3.8, 4) is 11.8 Å². The van der Waals surface area contributed by atoms with Crippen molar-refractivity contribution < 1.29 is 9.53 Å². The van der Waals surface area contributed by atoms with Gasteiger partial charge in [0.05, 0.1) is 11.7 Å². The highest BCUT2D eigenvalue weighted by Gasteiger charge is 2.26. The van der Waals surface area contributed by atoms with Crippen LogP contribution in [0.25, 0.3) is 0 Å². The third kappa shape index (κ3) is 1.57. The average Bonchev–Trinajstić information content (AvgIpc) is 3.02. The van der Waals surface area contributed by atoms with Crippen LogP contribution in [0.1, 0.15) is 28.8 Å². The molecule has 0 atom stereocenters. The zero-order valence-corrected chi connectivity index (χ0v) is 7.43. The third-order valence-electron chi connectivity index (χ3n) is 1.98. The van der Waals surface area contributed by atoms with E-state index in [1.165, 1.54) is 12.4 Å². The number of ether oxygens (including phenoxy) is 1. The molecule has 1 aliphatic rings. The van der Waals surface area contributed by atoms with E-state index in [1.807, 2.05) is 6.07 Å². The zero-order chi connectivity index (χ0) is 9.97. The molecule has 14 heavy (non-hydrogen) atoms. The first-order chi connectivity index (χ1) is 6.85. The van der Waals surface area contributed by atoms with Crippen molar-refractivity contribution in [1.82, 2.24) is 4.98 Å². The lowest BCUT2D eigenvalue weighted by Crippen LogP contribution is -2.02. The van der Waals surface area contributed by atoms with E-state index in [9.17, 15) is 4.79 Å². The van der Waals surface area contributed by atoms with Gasteiger partial charge in [0.1, 0.15) is 11.6 Å². The molecule has 4 heteroatoms. The molecular weight excluding hydrogens is 180 g/mol. The largest absolute Gasteiger partial charge is 0.488 e. The Balaban J connectivity index is 2.40. The van der Waals surface area contributed by atoms with Crippen LogP contribution in [0, 0.1) is 11.3 Å². The number of carbonyl (C=O) groups is 1. The van der Waals surface area contributed by atoms with Crippen LogP contribution >= 0.6 is 0 Å². The first kappa shape index (κ1) is 8.70. The van der Waals surface area contributed by atoms with Crippen LogP contribution in [0.15, 0.2) is 12.4 Å². The predicted octanol–water partition coefficient (Wildman–Crippen LogP) is 1.31. The average molecular weight is 188 g/mol. The molecule has 0 unspecified atom stereocenters. The standard InChI is InChI=1S/C10H8N2O2/c11-3-7-4-12-5-8(6-13)10(7)14-9-1-2-9/h4-6,9H,1-2H2. The van der Waals surface area contributed by atoms with Crippen LogP contribution in [-0.4, -0.2) is 17.4 Å². The van der Waals surface area contributed by atoms with E-state index >= 15 is 0 Å². The second kappa shape index (κ2) is 3.46. The summed E-state index contributed by atoms with van der Waals surface area (Å²) in [6, 6.07) is 1.96. The van der Waals surface area contributed by atoms with Crippen LogP contribution in [-0.2, 0) is 0 Å². The molecule has 70 valence electrons. The van der Waals surface area contributed by atoms with Gasteiger partial charge in [0, 0.05) is 12.4 Å². The fourth-order valence-electron chi connectivity index (χ4n) is 1.11. The minimum absolute atomic E-state index is 0.170. The normalized spacial score (nSPS) is 14.5. The molecule has 4 nitrogen and oxygen atoms in total. The maximum absolute atomic E-state index is 10.7. The fraction of sp³-hybridized carbons (Fsp3) is 0.300. The van der Waals surface area contributed by atoms with Crippen molar-refractivity contribution in [3.05, 3.63) is 23.5 Å². The lowest BCUT2D eigenvalue weighted by atomic mass is 10.2. The Morgan fingerprint density at radius 3 is 2.93 bits per heavy atom. The summed E-state index contributed by atoms with van der Waals surface area (Å²) in [5.74, 6) is 0.375. The van der Waals surface area contributed by atoms with Crippen molar-refractivity contribution in [1.29, 1.82) is 5.26 Å². The Morgan fingerprint density at radius 1 is 1.57 bits per heavy atom. The molecule has 1 saturated carbocycles. The highest BCUT2D eigenvalue weighted by Crippen LogP contribution is 2.30. The van der Waals surface area contributed by atoms with Crippen LogP contribution in [0.4, 0.5) is 0 Å². The summed E-state index contributed by atoms with van der Waals surface area (Å²) in [7, 11) is 0. The lowest BCUT2D eigenvalue weighted by molar-refractivity contribution is 0.111. The van der Waals surface area contributed by atoms with E-state index in [0.717, 1.165) is 12.8 Å². The molecule has 2 rings (SSSR count). The molecule has 0 bridgehead atoms. The second-order valence-electron chi connectivity index (χ2n) is 3.15. The van der Waals surface area contributed by atoms with Gasteiger partial charge >= 0.3 is 0 Å². The van der Waals surface area contributed by atoms with Gasteiger partial charge in [-0.15, -0.1) is 0 Å². The van der Waals surface area contributed by atoms with Crippen LogP contribution in [0.2, 0.25) is 0 Å². The number of nitriles is 1. The molecule has 1 heterocycles. The minimum Gasteiger partial charge on any atom is -0.488 e. The molecule has 0 spiro atoms. The van der Waals surface area contributed by atoms with Crippen molar-refractivity contribution in [2.24, 2.45) is 0 Å². The molecule has 1 fully saturated rings.